The molecule has 2 nitrogen and oxygen atoms in total. The number of hydrogen-bond acceptors (Lipinski definition) is 2. The third-order valence-electron chi connectivity index (χ3n) is 4.60. The van der Waals surface area contributed by atoms with Crippen molar-refractivity contribution < 1.29 is 5.11 Å². The van der Waals surface area contributed by atoms with Gasteiger partial charge in [0, 0.05) is 12.6 Å². The summed E-state index contributed by atoms with van der Waals surface area (Å²) < 4.78 is 0.772. The quantitative estimate of drug-likeness (QED) is 0.832. The van der Waals surface area contributed by atoms with E-state index in [9.17, 15) is 5.11 Å². The number of phenolic OH excluding ortho intramolecular Hbond substituents is 1. The number of aromatic hydroxyl groups is 1. The lowest BCUT2D eigenvalue weighted by atomic mass is 9.74. The molecule has 20 heavy (non-hydrogen) atoms. The summed E-state index contributed by atoms with van der Waals surface area (Å²) in [5, 5.41) is 13.3. The van der Waals surface area contributed by atoms with Gasteiger partial charge in [0.1, 0.15) is 5.75 Å². The number of hydrogen-bond donors (Lipinski definition) is 2. The van der Waals surface area contributed by atoms with Crippen molar-refractivity contribution in [1.29, 1.82) is 0 Å². The van der Waals surface area contributed by atoms with E-state index in [1.165, 1.54) is 24.8 Å². The highest BCUT2D eigenvalue weighted by atomic mass is 79.9. The Hall–Kier alpha value is -0.540. The molecule has 0 amide bonds. The molecule has 1 aromatic carbocycles. The Morgan fingerprint density at radius 2 is 2.10 bits per heavy atom. The molecule has 0 aromatic heterocycles. The number of nitrogens with one attached hydrogen (secondary N) is 1. The Morgan fingerprint density at radius 1 is 1.35 bits per heavy atom. The second kappa shape index (κ2) is 6.95. The number of halogens is 1. The van der Waals surface area contributed by atoms with Crippen molar-refractivity contribution in [1.82, 2.24) is 5.32 Å². The van der Waals surface area contributed by atoms with Gasteiger partial charge >= 0.3 is 0 Å². The van der Waals surface area contributed by atoms with Gasteiger partial charge in [-0.25, -0.2) is 0 Å². The first-order valence-electron chi connectivity index (χ1n) is 7.68. The normalized spacial score (nSPS) is 26.9. The second-order valence-corrected chi connectivity index (χ2v) is 7.45. The molecule has 112 valence electrons. The van der Waals surface area contributed by atoms with Crippen LogP contribution >= 0.6 is 15.9 Å². The topological polar surface area (TPSA) is 32.3 Å². The molecule has 0 heterocycles. The maximum absolute atomic E-state index is 9.54. The van der Waals surface area contributed by atoms with Gasteiger partial charge in [0.15, 0.2) is 0 Å². The van der Waals surface area contributed by atoms with Crippen molar-refractivity contribution in [3.05, 3.63) is 28.2 Å². The van der Waals surface area contributed by atoms with Crippen LogP contribution in [-0.4, -0.2) is 11.1 Å². The summed E-state index contributed by atoms with van der Waals surface area (Å²) in [5.74, 6) is 2.66. The van der Waals surface area contributed by atoms with E-state index in [4.69, 9.17) is 0 Å². The Kier molecular flexibility index (Phi) is 5.50. The van der Waals surface area contributed by atoms with E-state index >= 15 is 0 Å². The first-order chi connectivity index (χ1) is 9.47. The monoisotopic (exact) mass is 339 g/mol. The van der Waals surface area contributed by atoms with E-state index < -0.39 is 0 Å². The molecule has 2 rings (SSSR count). The van der Waals surface area contributed by atoms with Crippen LogP contribution in [0.5, 0.6) is 5.75 Å². The zero-order chi connectivity index (χ0) is 14.7. The van der Waals surface area contributed by atoms with Gasteiger partial charge in [-0.15, -0.1) is 0 Å². The average Bonchev–Trinajstić information content (AvgIpc) is 2.40. The van der Waals surface area contributed by atoms with Crippen LogP contribution in [-0.2, 0) is 6.54 Å². The lowest BCUT2D eigenvalue weighted by molar-refractivity contribution is 0.169. The number of rotatable bonds is 4. The first kappa shape index (κ1) is 15.8. The van der Waals surface area contributed by atoms with Crippen LogP contribution in [0.1, 0.15) is 45.6 Å². The number of benzene rings is 1. The van der Waals surface area contributed by atoms with Crippen LogP contribution in [0.15, 0.2) is 22.7 Å². The molecule has 0 spiro atoms. The summed E-state index contributed by atoms with van der Waals surface area (Å²) in [6.45, 7) is 7.92. The van der Waals surface area contributed by atoms with E-state index in [2.05, 4.69) is 42.0 Å². The van der Waals surface area contributed by atoms with Crippen molar-refractivity contribution >= 4 is 15.9 Å². The van der Waals surface area contributed by atoms with Gasteiger partial charge < -0.3 is 10.4 Å². The SMILES string of the molecule is CC1CCC(C(C)C)C(NCc2ccc(O)c(Br)c2)C1. The molecule has 0 aliphatic heterocycles. The molecule has 0 radical (unpaired) electrons. The van der Waals surface area contributed by atoms with Gasteiger partial charge in [-0.05, 0) is 64.2 Å². The Balaban J connectivity index is 1.98. The molecule has 1 aromatic rings. The summed E-state index contributed by atoms with van der Waals surface area (Å²) in [5.41, 5.74) is 1.22. The average molecular weight is 340 g/mol. The summed E-state index contributed by atoms with van der Waals surface area (Å²) in [6, 6.07) is 6.36. The van der Waals surface area contributed by atoms with Gasteiger partial charge in [0.2, 0.25) is 0 Å². The minimum atomic E-state index is 0.306. The van der Waals surface area contributed by atoms with Gasteiger partial charge in [-0.2, -0.15) is 0 Å². The van der Waals surface area contributed by atoms with Gasteiger partial charge in [-0.3, -0.25) is 0 Å². The maximum atomic E-state index is 9.54. The van der Waals surface area contributed by atoms with Crippen LogP contribution in [0.25, 0.3) is 0 Å². The van der Waals surface area contributed by atoms with Crippen molar-refractivity contribution in [2.75, 3.05) is 0 Å². The van der Waals surface area contributed by atoms with E-state index in [0.29, 0.717) is 11.8 Å². The lowest BCUT2D eigenvalue weighted by Crippen LogP contribution is -2.42. The summed E-state index contributed by atoms with van der Waals surface area (Å²) in [6.07, 6.45) is 3.99. The van der Waals surface area contributed by atoms with E-state index in [0.717, 1.165) is 28.8 Å². The Morgan fingerprint density at radius 3 is 2.75 bits per heavy atom. The fourth-order valence-corrected chi connectivity index (χ4v) is 3.77. The van der Waals surface area contributed by atoms with Crippen LogP contribution < -0.4 is 5.32 Å². The molecular formula is C17H26BrNO. The first-order valence-corrected chi connectivity index (χ1v) is 8.47. The Labute approximate surface area is 131 Å². The third-order valence-corrected chi connectivity index (χ3v) is 5.24. The lowest BCUT2D eigenvalue weighted by Gasteiger charge is -2.38. The number of phenols is 1. The van der Waals surface area contributed by atoms with E-state index in [1.807, 2.05) is 12.1 Å². The molecule has 0 saturated heterocycles. The highest BCUT2D eigenvalue weighted by Gasteiger charge is 2.30. The molecule has 3 unspecified atom stereocenters. The molecule has 1 fully saturated rings. The van der Waals surface area contributed by atoms with Crippen molar-refractivity contribution in [2.24, 2.45) is 17.8 Å². The summed E-state index contributed by atoms with van der Waals surface area (Å²) in [7, 11) is 0. The summed E-state index contributed by atoms with van der Waals surface area (Å²) in [4.78, 5) is 0. The molecule has 1 aliphatic rings. The fourth-order valence-electron chi connectivity index (χ4n) is 3.35. The minimum Gasteiger partial charge on any atom is -0.507 e. The largest absolute Gasteiger partial charge is 0.507 e. The predicted octanol–water partition coefficient (Wildman–Crippen LogP) is 4.71. The molecule has 0 bridgehead atoms. The standard InChI is InChI=1S/C17H26BrNO/c1-11(2)14-6-4-12(3)8-16(14)19-10-13-5-7-17(20)15(18)9-13/h5,7,9,11-12,14,16,19-20H,4,6,8,10H2,1-3H3. The zero-order valence-corrected chi connectivity index (χ0v) is 14.3. The molecule has 1 saturated carbocycles. The highest BCUT2D eigenvalue weighted by Crippen LogP contribution is 2.33. The molecule has 1 aliphatic carbocycles. The van der Waals surface area contributed by atoms with E-state index in [1.54, 1.807) is 6.07 Å². The van der Waals surface area contributed by atoms with Crippen molar-refractivity contribution in [3.8, 4) is 5.75 Å². The molecule has 3 heteroatoms. The zero-order valence-electron chi connectivity index (χ0n) is 12.7. The van der Waals surface area contributed by atoms with Crippen LogP contribution in [0, 0.1) is 17.8 Å². The Bertz CT molecular complexity index is 447. The smallest absolute Gasteiger partial charge is 0.129 e. The third kappa shape index (κ3) is 3.98. The van der Waals surface area contributed by atoms with Crippen molar-refractivity contribution in [2.45, 2.75) is 52.6 Å². The highest BCUT2D eigenvalue weighted by molar-refractivity contribution is 9.10. The molecular weight excluding hydrogens is 314 g/mol. The summed E-state index contributed by atoms with van der Waals surface area (Å²) >= 11 is 3.38. The van der Waals surface area contributed by atoms with Crippen molar-refractivity contribution in [3.63, 3.8) is 0 Å². The van der Waals surface area contributed by atoms with Crippen LogP contribution in [0.4, 0.5) is 0 Å². The van der Waals surface area contributed by atoms with Crippen LogP contribution in [0.3, 0.4) is 0 Å². The minimum absolute atomic E-state index is 0.306. The van der Waals surface area contributed by atoms with Crippen LogP contribution in [0.2, 0.25) is 0 Å². The second-order valence-electron chi connectivity index (χ2n) is 6.60. The fraction of sp³-hybridized carbons (Fsp3) is 0.647. The molecule has 3 atom stereocenters. The van der Waals surface area contributed by atoms with Gasteiger partial charge in [0.25, 0.3) is 0 Å². The van der Waals surface area contributed by atoms with E-state index in [-0.39, 0.29) is 0 Å². The van der Waals surface area contributed by atoms with Gasteiger partial charge in [-0.1, -0.05) is 33.3 Å². The predicted molar refractivity (Wildman–Crippen MR) is 87.8 cm³/mol. The molecule has 2 N–H and O–H groups in total. The van der Waals surface area contributed by atoms with Gasteiger partial charge in [0.05, 0.1) is 4.47 Å². The maximum Gasteiger partial charge on any atom is 0.129 e.